The topological polar surface area (TPSA) is 51.8 Å². The van der Waals surface area contributed by atoms with Crippen molar-refractivity contribution in [1.82, 2.24) is 15.0 Å². The van der Waals surface area contributed by atoms with Gasteiger partial charge in [0.1, 0.15) is 11.2 Å². The van der Waals surface area contributed by atoms with E-state index < -0.39 is 0 Å². The van der Waals surface area contributed by atoms with E-state index in [0.29, 0.717) is 17.5 Å². The number of hydrogen-bond acceptors (Lipinski definition) is 4. The summed E-state index contributed by atoms with van der Waals surface area (Å²) in [6.07, 6.45) is 0. The summed E-state index contributed by atoms with van der Waals surface area (Å²) in [4.78, 5) is 14.9. The number of fused-ring (bicyclic) bond motifs is 3. The third-order valence-corrected chi connectivity index (χ3v) is 8.36. The van der Waals surface area contributed by atoms with Crippen molar-refractivity contribution in [3.63, 3.8) is 0 Å². The molecule has 6 aromatic carbocycles. The maximum atomic E-state index is 6.35. The second-order valence-electron chi connectivity index (χ2n) is 10.6. The molecule has 0 bridgehead atoms. The van der Waals surface area contributed by atoms with E-state index in [2.05, 4.69) is 101 Å². The molecule has 0 radical (unpaired) electrons. The van der Waals surface area contributed by atoms with Crippen LogP contribution in [0.4, 0.5) is 0 Å². The van der Waals surface area contributed by atoms with Crippen molar-refractivity contribution < 1.29 is 4.42 Å². The Labute approximate surface area is 262 Å². The van der Waals surface area contributed by atoms with E-state index in [1.807, 2.05) is 60.7 Å². The summed E-state index contributed by atoms with van der Waals surface area (Å²) in [6, 6.07) is 49.6. The molecular formula is C39H24BrN3O. The average Bonchev–Trinajstić information content (AvgIpc) is 3.48. The summed E-state index contributed by atoms with van der Waals surface area (Å²) in [5, 5.41) is 2.11. The second kappa shape index (κ2) is 11.0. The first-order chi connectivity index (χ1) is 21.7. The Hall–Kier alpha value is -5.39. The third-order valence-electron chi connectivity index (χ3n) is 7.83. The molecule has 2 aromatic heterocycles. The fourth-order valence-corrected chi connectivity index (χ4v) is 5.86. The lowest BCUT2D eigenvalue weighted by molar-refractivity contribution is 0.669. The van der Waals surface area contributed by atoms with E-state index in [0.717, 1.165) is 54.2 Å². The molecule has 0 spiro atoms. The lowest BCUT2D eigenvalue weighted by Crippen LogP contribution is -2.00. The summed E-state index contributed by atoms with van der Waals surface area (Å²) in [6.45, 7) is 0. The molecule has 0 saturated heterocycles. The van der Waals surface area contributed by atoms with Crippen LogP contribution in [-0.4, -0.2) is 15.0 Å². The Morgan fingerprint density at radius 3 is 1.73 bits per heavy atom. The van der Waals surface area contributed by atoms with Crippen LogP contribution in [0.5, 0.6) is 0 Å². The van der Waals surface area contributed by atoms with Crippen molar-refractivity contribution in [3.8, 4) is 56.4 Å². The fraction of sp³-hybridized carbons (Fsp3) is 0. The highest BCUT2D eigenvalue weighted by molar-refractivity contribution is 9.10. The quantitative estimate of drug-likeness (QED) is 0.190. The van der Waals surface area contributed by atoms with Crippen LogP contribution in [0.1, 0.15) is 0 Å². The maximum Gasteiger partial charge on any atom is 0.167 e. The van der Waals surface area contributed by atoms with Crippen LogP contribution in [0.2, 0.25) is 0 Å². The van der Waals surface area contributed by atoms with E-state index in [9.17, 15) is 0 Å². The normalized spacial score (nSPS) is 11.3. The van der Waals surface area contributed by atoms with Gasteiger partial charge in [-0.1, -0.05) is 131 Å². The van der Waals surface area contributed by atoms with Crippen LogP contribution in [0.15, 0.2) is 154 Å². The lowest BCUT2D eigenvalue weighted by Gasteiger charge is -2.10. The Balaban J connectivity index is 1.24. The summed E-state index contributed by atoms with van der Waals surface area (Å²) in [5.41, 5.74) is 8.84. The van der Waals surface area contributed by atoms with Crippen molar-refractivity contribution in [2.75, 3.05) is 0 Å². The van der Waals surface area contributed by atoms with Gasteiger partial charge in [-0.25, -0.2) is 15.0 Å². The highest BCUT2D eigenvalue weighted by atomic mass is 79.9. The van der Waals surface area contributed by atoms with Crippen molar-refractivity contribution in [3.05, 3.63) is 150 Å². The van der Waals surface area contributed by atoms with E-state index >= 15 is 0 Å². The summed E-state index contributed by atoms with van der Waals surface area (Å²) < 4.78 is 7.42. The Morgan fingerprint density at radius 1 is 0.409 bits per heavy atom. The van der Waals surface area contributed by atoms with Gasteiger partial charge in [0.15, 0.2) is 17.5 Å². The third kappa shape index (κ3) is 4.87. The van der Waals surface area contributed by atoms with Gasteiger partial charge in [0.2, 0.25) is 0 Å². The average molecular weight is 631 g/mol. The largest absolute Gasteiger partial charge is 0.455 e. The zero-order chi connectivity index (χ0) is 29.5. The maximum absolute atomic E-state index is 6.35. The number of furan rings is 1. The molecule has 0 atom stereocenters. The molecule has 0 unspecified atom stereocenters. The van der Waals surface area contributed by atoms with Gasteiger partial charge in [-0.2, -0.15) is 0 Å². The second-order valence-corrected chi connectivity index (χ2v) is 11.5. The van der Waals surface area contributed by atoms with Gasteiger partial charge < -0.3 is 4.42 Å². The molecule has 0 N–H and O–H groups in total. The molecule has 0 aliphatic rings. The molecule has 208 valence electrons. The molecule has 8 aromatic rings. The molecule has 0 aliphatic heterocycles. The van der Waals surface area contributed by atoms with Crippen LogP contribution in [-0.2, 0) is 0 Å². The smallest absolute Gasteiger partial charge is 0.167 e. The molecule has 44 heavy (non-hydrogen) atoms. The minimum Gasteiger partial charge on any atom is -0.455 e. The molecule has 0 saturated carbocycles. The van der Waals surface area contributed by atoms with Crippen molar-refractivity contribution in [2.45, 2.75) is 0 Å². The Morgan fingerprint density at radius 2 is 0.955 bits per heavy atom. The molecule has 0 fully saturated rings. The van der Waals surface area contributed by atoms with Gasteiger partial charge in [0, 0.05) is 26.4 Å². The van der Waals surface area contributed by atoms with Crippen LogP contribution in [0.25, 0.3) is 78.4 Å². The highest BCUT2D eigenvalue weighted by Crippen LogP contribution is 2.36. The first-order valence-corrected chi connectivity index (χ1v) is 15.2. The van der Waals surface area contributed by atoms with Gasteiger partial charge in [-0.3, -0.25) is 0 Å². The molecule has 4 nitrogen and oxygen atoms in total. The number of halogens is 1. The Bertz CT molecular complexity index is 2280. The van der Waals surface area contributed by atoms with Crippen LogP contribution in [0.3, 0.4) is 0 Å². The Kier molecular flexibility index (Phi) is 6.58. The number of aromatic nitrogens is 3. The van der Waals surface area contributed by atoms with E-state index in [4.69, 9.17) is 19.4 Å². The lowest BCUT2D eigenvalue weighted by atomic mass is 9.99. The molecular weight excluding hydrogens is 606 g/mol. The number of nitrogens with zero attached hydrogens (tertiary/aromatic N) is 3. The fourth-order valence-electron chi connectivity index (χ4n) is 5.60. The van der Waals surface area contributed by atoms with Crippen LogP contribution < -0.4 is 0 Å². The number of hydrogen-bond donors (Lipinski definition) is 0. The van der Waals surface area contributed by atoms with Gasteiger partial charge in [0.05, 0.1) is 5.56 Å². The van der Waals surface area contributed by atoms with E-state index in [1.54, 1.807) is 0 Å². The van der Waals surface area contributed by atoms with Gasteiger partial charge in [-0.05, 0) is 52.6 Å². The molecule has 2 heterocycles. The first kappa shape index (κ1) is 26.3. The summed E-state index contributed by atoms with van der Waals surface area (Å²) >= 11 is 3.52. The minimum atomic E-state index is 0.572. The molecule has 0 aliphatic carbocycles. The first-order valence-electron chi connectivity index (χ1n) is 14.4. The molecule has 0 amide bonds. The number of rotatable bonds is 5. The molecule has 5 heteroatoms. The van der Waals surface area contributed by atoms with Crippen molar-refractivity contribution >= 4 is 37.9 Å². The van der Waals surface area contributed by atoms with Crippen LogP contribution in [0, 0.1) is 0 Å². The van der Waals surface area contributed by atoms with E-state index in [1.165, 1.54) is 11.1 Å². The minimum absolute atomic E-state index is 0.572. The predicted octanol–water partition coefficient (Wildman–Crippen LogP) is 10.9. The highest BCUT2D eigenvalue weighted by Gasteiger charge is 2.17. The summed E-state index contributed by atoms with van der Waals surface area (Å²) in [7, 11) is 0. The van der Waals surface area contributed by atoms with Crippen molar-refractivity contribution in [2.24, 2.45) is 0 Å². The zero-order valence-corrected chi connectivity index (χ0v) is 25.1. The van der Waals surface area contributed by atoms with Crippen LogP contribution >= 0.6 is 15.9 Å². The number of benzene rings is 6. The van der Waals surface area contributed by atoms with E-state index in [-0.39, 0.29) is 0 Å². The summed E-state index contributed by atoms with van der Waals surface area (Å²) in [5.74, 6) is 1.79. The van der Waals surface area contributed by atoms with Crippen molar-refractivity contribution in [1.29, 1.82) is 0 Å². The molecule has 8 rings (SSSR count). The monoisotopic (exact) mass is 629 g/mol. The van der Waals surface area contributed by atoms with Gasteiger partial charge in [0.25, 0.3) is 0 Å². The van der Waals surface area contributed by atoms with Gasteiger partial charge in [-0.15, -0.1) is 0 Å². The predicted molar refractivity (Wildman–Crippen MR) is 182 cm³/mol. The SMILES string of the molecule is Brc1ccc(-c2ccc(-c3cccc(-c4nc(-c5ccccc5)nc(-c5cccc6c5oc5ccccc56)n4)c3)cc2)cc1. The zero-order valence-electron chi connectivity index (χ0n) is 23.5. The standard InChI is InChI=1S/C39H24BrN3O/c40-31-22-20-26(21-23-31)25-16-18-27(19-17-25)29-10-6-11-30(24-29)38-41-37(28-8-2-1-3-9-28)42-39(43-38)34-14-7-13-33-32-12-4-5-15-35(32)44-36(33)34/h1-24H. The number of para-hydroxylation sites is 2. The van der Waals surface area contributed by atoms with Gasteiger partial charge >= 0.3 is 0 Å².